The highest BCUT2D eigenvalue weighted by Crippen LogP contribution is 2.46. The monoisotopic (exact) mass is 757 g/mol. The van der Waals surface area contributed by atoms with E-state index in [-0.39, 0.29) is 0 Å². The van der Waals surface area contributed by atoms with Gasteiger partial charge in [-0.3, -0.25) is 0 Å². The molecule has 272 valence electrons. The van der Waals surface area contributed by atoms with Crippen LogP contribution in [-0.4, -0.2) is 9.13 Å². The maximum Gasteiger partial charge on any atom is 0.0548 e. The van der Waals surface area contributed by atoms with Gasteiger partial charge in [0.15, 0.2) is 0 Å². The van der Waals surface area contributed by atoms with Gasteiger partial charge >= 0.3 is 0 Å². The van der Waals surface area contributed by atoms with Gasteiger partial charge in [0.1, 0.15) is 0 Å². The zero-order chi connectivity index (χ0) is 38.3. The van der Waals surface area contributed by atoms with Gasteiger partial charge in [0, 0.05) is 70.5 Å². The van der Waals surface area contributed by atoms with Gasteiger partial charge in [0.25, 0.3) is 0 Å². The van der Waals surface area contributed by atoms with E-state index in [1.165, 1.54) is 74.9 Å². The maximum absolute atomic E-state index is 4.58. The lowest BCUT2D eigenvalue weighted by atomic mass is 9.97. The molecule has 58 heavy (non-hydrogen) atoms. The van der Waals surface area contributed by atoms with Crippen molar-refractivity contribution < 1.29 is 0 Å². The van der Waals surface area contributed by atoms with E-state index in [0.717, 1.165) is 33.9 Å². The second-order valence-electron chi connectivity index (χ2n) is 15.1. The first kappa shape index (κ1) is 32.8. The highest BCUT2D eigenvalue weighted by atomic mass is 32.1. The van der Waals surface area contributed by atoms with Crippen molar-refractivity contribution in [3.05, 3.63) is 212 Å². The molecule has 3 aromatic heterocycles. The molecule has 0 atom stereocenters. The van der Waals surface area contributed by atoms with Gasteiger partial charge in [-0.15, -0.1) is 11.3 Å². The van der Waals surface area contributed by atoms with Crippen molar-refractivity contribution in [3.63, 3.8) is 0 Å². The molecule has 0 spiro atoms. The topological polar surface area (TPSA) is 13.1 Å². The number of hydrogen-bond acceptors (Lipinski definition) is 2. The van der Waals surface area contributed by atoms with Crippen LogP contribution in [-0.2, 0) is 0 Å². The molecule has 12 rings (SSSR count). The minimum Gasteiger partial charge on any atom is -0.317 e. The van der Waals surface area contributed by atoms with E-state index in [0.29, 0.717) is 0 Å². The normalized spacial score (nSPS) is 14.1. The van der Waals surface area contributed by atoms with E-state index < -0.39 is 0 Å². The fourth-order valence-electron chi connectivity index (χ4n) is 9.23. The van der Waals surface area contributed by atoms with Crippen LogP contribution >= 0.6 is 11.3 Å². The Morgan fingerprint density at radius 3 is 1.55 bits per heavy atom. The summed E-state index contributed by atoms with van der Waals surface area (Å²) in [4.78, 5) is 2.27. The van der Waals surface area contributed by atoms with Gasteiger partial charge in [-0.05, 0) is 95.6 Å². The Hall–Kier alpha value is -7.40. The molecule has 4 heteroatoms. The molecule has 0 N–H and O–H groups in total. The number of aromatic nitrogens is 2. The number of benzene rings is 8. The average molecular weight is 758 g/mol. The highest BCUT2D eigenvalue weighted by Gasteiger charge is 2.21. The van der Waals surface area contributed by atoms with Crippen molar-refractivity contribution in [3.8, 4) is 22.5 Å². The third kappa shape index (κ3) is 4.92. The Balaban J connectivity index is 1.11. The van der Waals surface area contributed by atoms with Crippen molar-refractivity contribution in [1.29, 1.82) is 0 Å². The number of allylic oxidation sites excluding steroid dienone is 4. The molecule has 1 aliphatic rings. The lowest BCUT2D eigenvalue weighted by Gasteiger charge is -2.25. The largest absolute Gasteiger partial charge is 0.317 e. The van der Waals surface area contributed by atoms with Gasteiger partial charge in [-0.25, -0.2) is 0 Å². The molecule has 0 amide bonds. The smallest absolute Gasteiger partial charge is 0.0548 e. The Bertz CT molecular complexity index is 3300. The molecular formula is C54H35N3S. The Morgan fingerprint density at radius 2 is 0.966 bits per heavy atom. The van der Waals surface area contributed by atoms with Gasteiger partial charge in [-0.1, -0.05) is 122 Å². The van der Waals surface area contributed by atoms with Gasteiger partial charge in [0.2, 0.25) is 0 Å². The first-order valence-corrected chi connectivity index (χ1v) is 20.5. The van der Waals surface area contributed by atoms with E-state index in [1.807, 2.05) is 11.3 Å². The zero-order valence-electron chi connectivity index (χ0n) is 31.5. The summed E-state index contributed by atoms with van der Waals surface area (Å²) in [6, 6.07) is 64.3. The number of rotatable bonds is 4. The number of fused-ring (bicyclic) bond motifs is 11. The van der Waals surface area contributed by atoms with E-state index in [9.17, 15) is 0 Å². The van der Waals surface area contributed by atoms with E-state index in [2.05, 4.69) is 221 Å². The Labute approximate surface area is 339 Å². The molecule has 0 fully saturated rings. The van der Waals surface area contributed by atoms with Gasteiger partial charge in [-0.2, -0.15) is 0 Å². The molecule has 0 saturated carbocycles. The minimum absolute atomic E-state index is 1.01. The quantitative estimate of drug-likeness (QED) is 0.174. The molecule has 3 nitrogen and oxygen atoms in total. The van der Waals surface area contributed by atoms with Crippen LogP contribution in [0.15, 0.2) is 207 Å². The molecule has 0 unspecified atom stereocenters. The lowest BCUT2D eigenvalue weighted by Crippen LogP contribution is -2.11. The van der Waals surface area contributed by atoms with E-state index >= 15 is 0 Å². The predicted octanol–water partition coefficient (Wildman–Crippen LogP) is 15.2. The SMILES string of the molecule is C=C1/C=C\C=C/N(c2ccccc2)c2ccc3c(sc4ccc(-c5cc(-n6c7ccccc7c7ccccc76)cc(-n6c7ccccc7c7ccccc76)c5)cc43)c21. The molecule has 4 heterocycles. The summed E-state index contributed by atoms with van der Waals surface area (Å²) in [6.07, 6.45) is 8.45. The molecule has 0 bridgehead atoms. The van der Waals surface area contributed by atoms with Crippen LogP contribution in [0.5, 0.6) is 0 Å². The van der Waals surface area contributed by atoms with Gasteiger partial charge in [0.05, 0.1) is 27.8 Å². The van der Waals surface area contributed by atoms with Gasteiger partial charge < -0.3 is 14.0 Å². The maximum atomic E-state index is 4.58. The number of para-hydroxylation sites is 5. The summed E-state index contributed by atoms with van der Waals surface area (Å²) in [7, 11) is 0. The van der Waals surface area contributed by atoms with E-state index in [1.54, 1.807) is 0 Å². The summed E-state index contributed by atoms with van der Waals surface area (Å²) in [5.74, 6) is 0. The number of anilines is 2. The molecule has 1 aliphatic heterocycles. The van der Waals surface area contributed by atoms with E-state index in [4.69, 9.17) is 0 Å². The van der Waals surface area contributed by atoms with Crippen LogP contribution in [0, 0.1) is 0 Å². The van der Waals surface area contributed by atoms with Crippen molar-refractivity contribution in [1.82, 2.24) is 9.13 Å². The number of hydrogen-bond donors (Lipinski definition) is 0. The molecule has 0 radical (unpaired) electrons. The molecule has 0 saturated heterocycles. The third-order valence-corrected chi connectivity index (χ3v) is 13.0. The summed E-state index contributed by atoms with van der Waals surface area (Å²) in [5, 5.41) is 7.50. The highest BCUT2D eigenvalue weighted by molar-refractivity contribution is 7.26. The summed E-state index contributed by atoms with van der Waals surface area (Å²) in [5.41, 5.74) is 13.8. The standard InChI is InChI=1S/C54H35N3S/c1-35-15-13-14-30-55(38-16-3-2-4-17-38)51-28-27-45-46-33-36(26-29-52(46)58-54(45)53(35)51)37-31-39(56-47-22-9-5-18-41(47)42-19-6-10-23-48(42)56)34-40(32-37)57-49-24-11-7-20-43(49)44-21-8-12-25-50(44)57/h2-34H,1H2/b15-13-,30-14-. The summed E-state index contributed by atoms with van der Waals surface area (Å²) < 4.78 is 7.39. The fraction of sp³-hybridized carbons (Fsp3) is 0. The molecular weight excluding hydrogens is 723 g/mol. The Morgan fingerprint density at radius 1 is 0.414 bits per heavy atom. The molecule has 8 aromatic carbocycles. The molecule has 0 aliphatic carbocycles. The average Bonchev–Trinajstić information content (AvgIpc) is 3.93. The minimum atomic E-state index is 1.01. The number of nitrogens with zero attached hydrogens (tertiary/aromatic N) is 3. The van der Waals surface area contributed by atoms with Crippen molar-refractivity contribution >= 4 is 92.1 Å². The van der Waals surface area contributed by atoms with Crippen LogP contribution < -0.4 is 4.90 Å². The summed E-state index contributed by atoms with van der Waals surface area (Å²) >= 11 is 1.85. The van der Waals surface area contributed by atoms with Crippen LogP contribution in [0.4, 0.5) is 11.4 Å². The molecule has 11 aromatic rings. The third-order valence-electron chi connectivity index (χ3n) is 11.8. The first-order valence-electron chi connectivity index (χ1n) is 19.7. The second kappa shape index (κ2) is 12.8. The van der Waals surface area contributed by atoms with Crippen LogP contribution in [0.2, 0.25) is 0 Å². The lowest BCUT2D eigenvalue weighted by molar-refractivity contribution is 1.13. The number of thiophene rings is 1. The van der Waals surface area contributed by atoms with Crippen molar-refractivity contribution in [2.24, 2.45) is 0 Å². The Kier molecular flexibility index (Phi) is 7.25. The van der Waals surface area contributed by atoms with Crippen molar-refractivity contribution in [2.75, 3.05) is 4.90 Å². The fourth-order valence-corrected chi connectivity index (χ4v) is 10.5. The summed E-state index contributed by atoms with van der Waals surface area (Å²) in [6.45, 7) is 4.58. The second-order valence-corrected chi connectivity index (χ2v) is 16.1. The zero-order valence-corrected chi connectivity index (χ0v) is 32.3. The van der Waals surface area contributed by atoms with Crippen LogP contribution in [0.25, 0.3) is 91.9 Å². The van der Waals surface area contributed by atoms with Crippen molar-refractivity contribution in [2.45, 2.75) is 0 Å². The van der Waals surface area contributed by atoms with Crippen LogP contribution in [0.3, 0.4) is 0 Å². The van der Waals surface area contributed by atoms with Crippen LogP contribution in [0.1, 0.15) is 5.56 Å². The predicted molar refractivity (Wildman–Crippen MR) is 249 cm³/mol. The first-order chi connectivity index (χ1) is 28.7.